The van der Waals surface area contributed by atoms with Crippen LogP contribution in [0.3, 0.4) is 0 Å². The molecule has 1 aromatic carbocycles. The van der Waals surface area contributed by atoms with Crippen LogP contribution >= 0.6 is 0 Å². The lowest BCUT2D eigenvalue weighted by atomic mass is 10.2. The molecule has 0 spiro atoms. The number of hydrogen-bond donors (Lipinski definition) is 0. The fourth-order valence-electron chi connectivity index (χ4n) is 1.86. The van der Waals surface area contributed by atoms with Gasteiger partial charge in [-0.2, -0.15) is 0 Å². The van der Waals surface area contributed by atoms with Crippen molar-refractivity contribution in [3.63, 3.8) is 0 Å². The average molecular weight is 257 g/mol. The van der Waals surface area contributed by atoms with Crippen molar-refractivity contribution in [2.24, 2.45) is 0 Å². The highest BCUT2D eigenvalue weighted by Gasteiger charge is 2.10. The molecule has 1 heterocycles. The number of esters is 1. The maximum atomic E-state index is 12.2. The second kappa shape index (κ2) is 5.52. The van der Waals surface area contributed by atoms with Crippen molar-refractivity contribution in [1.29, 1.82) is 0 Å². The van der Waals surface area contributed by atoms with Crippen molar-refractivity contribution in [3.05, 3.63) is 59.0 Å². The largest absolute Gasteiger partial charge is 0.463 e. The van der Waals surface area contributed by atoms with Crippen molar-refractivity contribution < 1.29 is 9.53 Å². The lowest BCUT2D eigenvalue weighted by Gasteiger charge is -2.09. The maximum absolute atomic E-state index is 12.2. The molecule has 0 atom stereocenters. The van der Waals surface area contributed by atoms with Crippen molar-refractivity contribution in [2.75, 3.05) is 6.61 Å². The highest BCUT2D eigenvalue weighted by molar-refractivity contribution is 5.87. The molecule has 98 valence electrons. The summed E-state index contributed by atoms with van der Waals surface area (Å²) in [4.78, 5) is 23.7. The van der Waals surface area contributed by atoms with Crippen LogP contribution in [-0.2, 0) is 16.1 Å². The summed E-state index contributed by atoms with van der Waals surface area (Å²) in [7, 11) is 0. The van der Waals surface area contributed by atoms with Gasteiger partial charge in [0.25, 0.3) is 5.56 Å². The molecular weight excluding hydrogens is 242 g/mol. The molecule has 0 saturated heterocycles. The fraction of sp³-hybridized carbons (Fsp3) is 0.200. The van der Waals surface area contributed by atoms with E-state index in [-0.39, 0.29) is 17.7 Å². The van der Waals surface area contributed by atoms with Crippen molar-refractivity contribution in [1.82, 2.24) is 4.57 Å². The Morgan fingerprint density at radius 1 is 1.32 bits per heavy atom. The number of aromatic nitrogens is 1. The summed E-state index contributed by atoms with van der Waals surface area (Å²) >= 11 is 0. The number of fused-ring (bicyclic) bond motifs is 1. The third kappa shape index (κ3) is 2.73. The molecule has 0 amide bonds. The number of rotatable bonds is 4. The molecule has 2 rings (SSSR count). The van der Waals surface area contributed by atoms with Gasteiger partial charge < -0.3 is 9.30 Å². The van der Waals surface area contributed by atoms with Gasteiger partial charge in [0.1, 0.15) is 0 Å². The van der Waals surface area contributed by atoms with Crippen LogP contribution < -0.4 is 5.56 Å². The Bertz CT molecular complexity index is 685. The molecule has 0 fully saturated rings. The van der Waals surface area contributed by atoms with E-state index < -0.39 is 5.97 Å². The SMILES string of the molecule is C=C(Cn1ccc2ccccc2c1=O)C(=O)OCC. The minimum atomic E-state index is -0.470. The summed E-state index contributed by atoms with van der Waals surface area (Å²) in [5.41, 5.74) is 0.128. The molecule has 0 saturated carbocycles. The van der Waals surface area contributed by atoms with Crippen molar-refractivity contribution >= 4 is 16.7 Å². The predicted molar refractivity (Wildman–Crippen MR) is 74.0 cm³/mol. The first-order chi connectivity index (χ1) is 9.13. The van der Waals surface area contributed by atoms with E-state index in [2.05, 4.69) is 6.58 Å². The maximum Gasteiger partial charge on any atom is 0.335 e. The molecule has 2 aromatic rings. The smallest absolute Gasteiger partial charge is 0.335 e. The van der Waals surface area contributed by atoms with E-state index in [0.29, 0.717) is 12.0 Å². The quantitative estimate of drug-likeness (QED) is 0.622. The topological polar surface area (TPSA) is 48.3 Å². The summed E-state index contributed by atoms with van der Waals surface area (Å²) in [6.45, 7) is 5.82. The van der Waals surface area contributed by atoms with Gasteiger partial charge in [-0.05, 0) is 24.4 Å². The normalized spacial score (nSPS) is 10.4. The van der Waals surface area contributed by atoms with Crippen LogP contribution in [0.5, 0.6) is 0 Å². The number of pyridine rings is 1. The number of carbonyl (C=O) groups is 1. The van der Waals surface area contributed by atoms with Gasteiger partial charge in [-0.25, -0.2) is 4.79 Å². The van der Waals surface area contributed by atoms with E-state index >= 15 is 0 Å². The summed E-state index contributed by atoms with van der Waals surface area (Å²) in [5, 5.41) is 1.51. The minimum Gasteiger partial charge on any atom is -0.463 e. The lowest BCUT2D eigenvalue weighted by Crippen LogP contribution is -2.22. The van der Waals surface area contributed by atoms with E-state index in [4.69, 9.17) is 4.74 Å². The summed E-state index contributed by atoms with van der Waals surface area (Å²) in [5.74, 6) is -0.470. The zero-order valence-electron chi connectivity index (χ0n) is 10.8. The number of carbonyl (C=O) groups excluding carboxylic acids is 1. The fourth-order valence-corrected chi connectivity index (χ4v) is 1.86. The number of ether oxygens (including phenoxy) is 1. The molecule has 4 heteroatoms. The van der Waals surface area contributed by atoms with Gasteiger partial charge in [-0.15, -0.1) is 0 Å². The third-order valence-electron chi connectivity index (χ3n) is 2.81. The monoisotopic (exact) mass is 257 g/mol. The molecule has 4 nitrogen and oxygen atoms in total. The van der Waals surface area contributed by atoms with Gasteiger partial charge in [0.05, 0.1) is 13.2 Å². The number of nitrogens with zero attached hydrogens (tertiary/aromatic N) is 1. The van der Waals surface area contributed by atoms with E-state index in [0.717, 1.165) is 5.39 Å². The Morgan fingerprint density at radius 3 is 2.79 bits per heavy atom. The van der Waals surface area contributed by atoms with Gasteiger partial charge in [-0.1, -0.05) is 24.8 Å². The Balaban J connectivity index is 2.32. The van der Waals surface area contributed by atoms with Crippen LogP contribution in [0.2, 0.25) is 0 Å². The van der Waals surface area contributed by atoms with E-state index in [9.17, 15) is 9.59 Å². The van der Waals surface area contributed by atoms with Crippen LogP contribution in [0.25, 0.3) is 10.8 Å². The van der Waals surface area contributed by atoms with Gasteiger partial charge >= 0.3 is 5.97 Å². The molecule has 0 unspecified atom stereocenters. The highest BCUT2D eigenvalue weighted by Crippen LogP contribution is 2.09. The zero-order chi connectivity index (χ0) is 13.8. The Hall–Kier alpha value is -2.36. The van der Waals surface area contributed by atoms with Crippen LogP contribution in [0.15, 0.2) is 53.5 Å². The lowest BCUT2D eigenvalue weighted by molar-refractivity contribution is -0.138. The van der Waals surface area contributed by atoms with E-state index in [1.54, 1.807) is 19.2 Å². The van der Waals surface area contributed by atoms with Crippen LogP contribution in [-0.4, -0.2) is 17.1 Å². The summed E-state index contributed by atoms with van der Waals surface area (Å²) < 4.78 is 6.31. The Labute approximate surface area is 110 Å². The van der Waals surface area contributed by atoms with Gasteiger partial charge in [0, 0.05) is 17.2 Å². The number of hydrogen-bond acceptors (Lipinski definition) is 3. The molecule has 0 radical (unpaired) electrons. The first kappa shape index (κ1) is 13.1. The second-order valence-electron chi connectivity index (χ2n) is 4.16. The average Bonchev–Trinajstić information content (AvgIpc) is 2.42. The molecule has 0 bridgehead atoms. The second-order valence-corrected chi connectivity index (χ2v) is 4.16. The van der Waals surface area contributed by atoms with Gasteiger partial charge in [-0.3, -0.25) is 4.79 Å². The summed E-state index contributed by atoms with van der Waals surface area (Å²) in [6.07, 6.45) is 1.66. The first-order valence-electron chi connectivity index (χ1n) is 6.06. The molecule has 0 N–H and O–H groups in total. The standard InChI is InChI=1S/C15H15NO3/c1-3-19-15(18)11(2)10-16-9-8-12-6-4-5-7-13(12)14(16)17/h4-9H,2-3,10H2,1H3. The van der Waals surface area contributed by atoms with E-state index in [1.165, 1.54) is 4.57 Å². The predicted octanol–water partition coefficient (Wildman–Crippen LogP) is 2.12. The minimum absolute atomic E-state index is 0.136. The molecule has 1 aromatic heterocycles. The van der Waals surface area contributed by atoms with Gasteiger partial charge in [0.2, 0.25) is 0 Å². The Kier molecular flexibility index (Phi) is 3.80. The Morgan fingerprint density at radius 2 is 2.05 bits per heavy atom. The molecule has 19 heavy (non-hydrogen) atoms. The van der Waals surface area contributed by atoms with Crippen molar-refractivity contribution in [3.8, 4) is 0 Å². The number of benzene rings is 1. The summed E-state index contributed by atoms with van der Waals surface area (Å²) in [6, 6.07) is 9.18. The molecule has 0 aliphatic rings. The molecule has 0 aliphatic carbocycles. The first-order valence-corrected chi connectivity index (χ1v) is 6.06. The molecule has 0 aliphatic heterocycles. The zero-order valence-corrected chi connectivity index (χ0v) is 10.8. The van der Waals surface area contributed by atoms with Crippen LogP contribution in [0.1, 0.15) is 6.92 Å². The van der Waals surface area contributed by atoms with Crippen molar-refractivity contribution in [2.45, 2.75) is 13.5 Å². The third-order valence-corrected chi connectivity index (χ3v) is 2.81. The van der Waals surface area contributed by atoms with E-state index in [1.807, 2.05) is 24.3 Å². The van der Waals surface area contributed by atoms with Gasteiger partial charge in [0.15, 0.2) is 0 Å². The molecular formula is C15H15NO3. The highest BCUT2D eigenvalue weighted by atomic mass is 16.5. The van der Waals surface area contributed by atoms with Crippen LogP contribution in [0, 0.1) is 0 Å². The van der Waals surface area contributed by atoms with Crippen LogP contribution in [0.4, 0.5) is 0 Å².